The lowest BCUT2D eigenvalue weighted by molar-refractivity contribution is -0.117. The second kappa shape index (κ2) is 7.35. The quantitative estimate of drug-likeness (QED) is 0.768. The van der Waals surface area contributed by atoms with Gasteiger partial charge in [-0.15, -0.1) is 5.10 Å². The van der Waals surface area contributed by atoms with Gasteiger partial charge in [-0.25, -0.2) is 0 Å². The summed E-state index contributed by atoms with van der Waals surface area (Å²) >= 11 is 0. The summed E-state index contributed by atoms with van der Waals surface area (Å²) in [6, 6.07) is 0.669. The summed E-state index contributed by atoms with van der Waals surface area (Å²) in [5.74, 6) is 0.334. The van der Waals surface area contributed by atoms with Crippen molar-refractivity contribution in [1.82, 2.24) is 20.4 Å². The van der Waals surface area contributed by atoms with Crippen LogP contribution in [0.3, 0.4) is 0 Å². The van der Waals surface area contributed by atoms with Gasteiger partial charge >= 0.3 is 6.01 Å². The van der Waals surface area contributed by atoms with E-state index in [1.54, 1.807) is 6.92 Å². The molecule has 2 N–H and O–H groups in total. The zero-order valence-electron chi connectivity index (χ0n) is 12.2. The van der Waals surface area contributed by atoms with Crippen LogP contribution >= 0.6 is 0 Å². The first-order valence-electron chi connectivity index (χ1n) is 7.23. The maximum absolute atomic E-state index is 12.0. The Kier molecular flexibility index (Phi) is 5.49. The number of carbonyl (C=O) groups is 1. The lowest BCUT2D eigenvalue weighted by Crippen LogP contribution is -2.41. The molecule has 1 aliphatic rings. The van der Waals surface area contributed by atoms with Gasteiger partial charge in [0, 0.05) is 19.5 Å². The zero-order valence-corrected chi connectivity index (χ0v) is 12.2. The molecule has 1 aliphatic heterocycles. The minimum atomic E-state index is -0.111. The van der Waals surface area contributed by atoms with Crippen molar-refractivity contribution >= 4 is 11.9 Å². The number of nitrogens with one attached hydrogen (secondary N) is 2. The molecule has 1 aromatic rings. The van der Waals surface area contributed by atoms with Gasteiger partial charge < -0.3 is 9.73 Å². The van der Waals surface area contributed by atoms with Crippen molar-refractivity contribution in [1.29, 1.82) is 0 Å². The Hall–Kier alpha value is -1.47. The van der Waals surface area contributed by atoms with E-state index in [2.05, 4.69) is 32.7 Å². The predicted octanol–water partition coefficient (Wildman–Crippen LogP) is 0.781. The number of hydrogen-bond donors (Lipinski definition) is 2. The first-order valence-corrected chi connectivity index (χ1v) is 7.23. The molecule has 0 bridgehead atoms. The minimum absolute atomic E-state index is 0.111. The van der Waals surface area contributed by atoms with E-state index in [0.717, 1.165) is 26.1 Å². The minimum Gasteiger partial charge on any atom is -0.408 e. The van der Waals surface area contributed by atoms with Crippen LogP contribution < -0.4 is 10.6 Å². The summed E-state index contributed by atoms with van der Waals surface area (Å²) in [5.41, 5.74) is 0. The number of anilines is 1. The van der Waals surface area contributed by atoms with Gasteiger partial charge in [-0.3, -0.25) is 15.0 Å². The SMILES string of the molecule is CCCN(CC(=O)Nc1nnc(C)o1)CC1CCCN1. The molecule has 0 radical (unpaired) electrons. The van der Waals surface area contributed by atoms with Gasteiger partial charge in [0.1, 0.15) is 0 Å². The molecule has 1 saturated heterocycles. The van der Waals surface area contributed by atoms with E-state index in [9.17, 15) is 4.79 Å². The number of amides is 1. The van der Waals surface area contributed by atoms with Crippen LogP contribution in [0.1, 0.15) is 32.1 Å². The van der Waals surface area contributed by atoms with Gasteiger partial charge in [0.15, 0.2) is 0 Å². The fourth-order valence-electron chi connectivity index (χ4n) is 2.48. The van der Waals surface area contributed by atoms with Gasteiger partial charge in [0.2, 0.25) is 11.8 Å². The lowest BCUT2D eigenvalue weighted by atomic mass is 10.2. The van der Waals surface area contributed by atoms with Crippen LogP contribution in [-0.2, 0) is 4.79 Å². The van der Waals surface area contributed by atoms with Crippen molar-refractivity contribution in [3.05, 3.63) is 5.89 Å². The Morgan fingerprint density at radius 2 is 2.40 bits per heavy atom. The Morgan fingerprint density at radius 1 is 1.55 bits per heavy atom. The van der Waals surface area contributed by atoms with Crippen molar-refractivity contribution < 1.29 is 9.21 Å². The molecule has 1 unspecified atom stereocenters. The van der Waals surface area contributed by atoms with Crippen LogP contribution in [0.5, 0.6) is 0 Å². The second-order valence-electron chi connectivity index (χ2n) is 5.20. The molecule has 1 atom stereocenters. The second-order valence-corrected chi connectivity index (χ2v) is 5.20. The standard InChI is InChI=1S/C13H23N5O2/c1-3-7-18(8-11-5-4-6-14-11)9-12(19)15-13-17-16-10(2)20-13/h11,14H,3-9H2,1-2H3,(H,15,17,19). The highest BCUT2D eigenvalue weighted by atomic mass is 16.4. The van der Waals surface area contributed by atoms with Crippen LogP contribution in [0, 0.1) is 6.92 Å². The molecule has 2 rings (SSSR count). The Bertz CT molecular complexity index is 428. The Morgan fingerprint density at radius 3 is 3.00 bits per heavy atom. The van der Waals surface area contributed by atoms with E-state index in [1.165, 1.54) is 12.8 Å². The molecule has 1 fully saturated rings. The third-order valence-electron chi connectivity index (χ3n) is 3.32. The fraction of sp³-hybridized carbons (Fsp3) is 0.769. The number of aromatic nitrogens is 2. The van der Waals surface area contributed by atoms with Crippen LogP contribution in [0.4, 0.5) is 6.01 Å². The van der Waals surface area contributed by atoms with Gasteiger partial charge in [0.05, 0.1) is 6.54 Å². The predicted molar refractivity (Wildman–Crippen MR) is 75.4 cm³/mol. The van der Waals surface area contributed by atoms with Crippen LogP contribution in [-0.4, -0.2) is 53.2 Å². The number of rotatable bonds is 7. The number of carbonyl (C=O) groups excluding carboxylic acids is 1. The van der Waals surface area contributed by atoms with E-state index in [0.29, 0.717) is 18.5 Å². The molecule has 0 aliphatic carbocycles. The summed E-state index contributed by atoms with van der Waals surface area (Å²) in [6.07, 6.45) is 3.43. The Labute approximate surface area is 119 Å². The number of hydrogen-bond acceptors (Lipinski definition) is 6. The topological polar surface area (TPSA) is 83.3 Å². The average molecular weight is 281 g/mol. The molecular formula is C13H23N5O2. The molecule has 0 spiro atoms. The summed E-state index contributed by atoms with van der Waals surface area (Å²) in [7, 11) is 0. The number of nitrogens with zero attached hydrogens (tertiary/aromatic N) is 3. The summed E-state index contributed by atoms with van der Waals surface area (Å²) in [6.45, 7) is 7.07. The molecule has 112 valence electrons. The maximum Gasteiger partial charge on any atom is 0.322 e. The van der Waals surface area contributed by atoms with Crippen molar-refractivity contribution in [3.63, 3.8) is 0 Å². The molecule has 0 aromatic carbocycles. The molecular weight excluding hydrogens is 258 g/mol. The van der Waals surface area contributed by atoms with Crippen molar-refractivity contribution in [3.8, 4) is 0 Å². The van der Waals surface area contributed by atoms with Gasteiger partial charge in [-0.2, -0.15) is 0 Å². The fourth-order valence-corrected chi connectivity index (χ4v) is 2.48. The van der Waals surface area contributed by atoms with Crippen LogP contribution in [0.15, 0.2) is 4.42 Å². The van der Waals surface area contributed by atoms with Crippen LogP contribution in [0.25, 0.3) is 0 Å². The summed E-state index contributed by atoms with van der Waals surface area (Å²) in [4.78, 5) is 14.1. The number of aryl methyl sites for hydroxylation is 1. The Balaban J connectivity index is 1.81. The summed E-state index contributed by atoms with van der Waals surface area (Å²) < 4.78 is 5.14. The van der Waals surface area contributed by atoms with Gasteiger partial charge in [-0.05, 0) is 32.4 Å². The monoisotopic (exact) mass is 281 g/mol. The molecule has 0 saturated carbocycles. The average Bonchev–Trinajstić information content (AvgIpc) is 3.01. The van der Waals surface area contributed by atoms with Crippen LogP contribution in [0.2, 0.25) is 0 Å². The molecule has 1 aromatic heterocycles. The normalized spacial score (nSPS) is 18.6. The smallest absolute Gasteiger partial charge is 0.322 e. The molecule has 7 nitrogen and oxygen atoms in total. The highest BCUT2D eigenvalue weighted by molar-refractivity contribution is 5.90. The molecule has 2 heterocycles. The van der Waals surface area contributed by atoms with E-state index in [4.69, 9.17) is 4.42 Å². The molecule has 1 amide bonds. The van der Waals surface area contributed by atoms with Gasteiger partial charge in [0.25, 0.3) is 0 Å². The van der Waals surface area contributed by atoms with E-state index >= 15 is 0 Å². The largest absolute Gasteiger partial charge is 0.408 e. The van der Waals surface area contributed by atoms with Crippen molar-refractivity contribution in [2.45, 2.75) is 39.2 Å². The highest BCUT2D eigenvalue weighted by Gasteiger charge is 2.19. The highest BCUT2D eigenvalue weighted by Crippen LogP contribution is 2.08. The lowest BCUT2D eigenvalue weighted by Gasteiger charge is -2.24. The van der Waals surface area contributed by atoms with Gasteiger partial charge in [-0.1, -0.05) is 12.0 Å². The third-order valence-corrected chi connectivity index (χ3v) is 3.32. The maximum atomic E-state index is 12.0. The van der Waals surface area contributed by atoms with E-state index in [1.807, 2.05) is 0 Å². The molecule has 7 heteroatoms. The van der Waals surface area contributed by atoms with Crippen molar-refractivity contribution in [2.24, 2.45) is 0 Å². The van der Waals surface area contributed by atoms with E-state index < -0.39 is 0 Å². The first kappa shape index (κ1) is 14.9. The first-order chi connectivity index (χ1) is 9.67. The van der Waals surface area contributed by atoms with E-state index in [-0.39, 0.29) is 11.9 Å². The third kappa shape index (κ3) is 4.57. The van der Waals surface area contributed by atoms with Crippen molar-refractivity contribution in [2.75, 3.05) is 31.5 Å². The summed E-state index contributed by atoms with van der Waals surface area (Å²) in [5, 5.41) is 13.5. The zero-order chi connectivity index (χ0) is 14.4. The molecule has 20 heavy (non-hydrogen) atoms.